The van der Waals surface area contributed by atoms with Crippen LogP contribution < -0.4 is 5.32 Å². The van der Waals surface area contributed by atoms with Gasteiger partial charge in [0.05, 0.1) is 10.6 Å². The van der Waals surface area contributed by atoms with Crippen molar-refractivity contribution in [2.45, 2.75) is 12.8 Å². The van der Waals surface area contributed by atoms with Gasteiger partial charge in [0, 0.05) is 17.6 Å². The van der Waals surface area contributed by atoms with Gasteiger partial charge < -0.3 is 10.2 Å². The smallest absolute Gasteiger partial charge is 0.255 e. The molecule has 19 heavy (non-hydrogen) atoms. The number of carbonyl (C=O) groups excluding carboxylic acids is 1. The van der Waals surface area contributed by atoms with E-state index in [9.17, 15) is 4.79 Å². The van der Waals surface area contributed by atoms with Crippen molar-refractivity contribution in [2.24, 2.45) is 5.92 Å². The first-order chi connectivity index (χ1) is 9.13. The fraction of sp³-hybridized carbons (Fsp3) is 0.500. The van der Waals surface area contributed by atoms with Crippen LogP contribution >= 0.6 is 27.5 Å². The molecular weight excluding hydrogens is 328 g/mol. The molecule has 1 heterocycles. The molecule has 1 fully saturated rings. The van der Waals surface area contributed by atoms with E-state index in [1.54, 1.807) is 6.07 Å². The molecular formula is C14H18BrClN2O. The molecule has 1 N–H and O–H groups in total. The monoisotopic (exact) mass is 344 g/mol. The average Bonchev–Trinajstić information content (AvgIpc) is 2.42. The van der Waals surface area contributed by atoms with E-state index in [1.165, 1.54) is 6.42 Å². The second-order valence-corrected chi connectivity index (χ2v) is 6.15. The second kappa shape index (κ2) is 6.73. The van der Waals surface area contributed by atoms with Gasteiger partial charge in [-0.25, -0.2) is 0 Å². The lowest BCUT2D eigenvalue weighted by molar-refractivity contribution is 0.0674. The van der Waals surface area contributed by atoms with Crippen LogP contribution in [0.1, 0.15) is 23.2 Å². The molecule has 1 amide bonds. The van der Waals surface area contributed by atoms with Gasteiger partial charge in [-0.05, 0) is 60.4 Å². The third-order valence-electron chi connectivity index (χ3n) is 3.48. The molecule has 0 spiro atoms. The number of carbonyl (C=O) groups is 1. The summed E-state index contributed by atoms with van der Waals surface area (Å²) in [5.41, 5.74) is 0.584. The highest BCUT2D eigenvalue weighted by atomic mass is 79.9. The summed E-state index contributed by atoms with van der Waals surface area (Å²) in [5, 5.41) is 3.69. The van der Waals surface area contributed by atoms with Crippen LogP contribution in [0.4, 0.5) is 0 Å². The number of nitrogens with one attached hydrogen (secondary N) is 1. The molecule has 1 saturated heterocycles. The number of hydrogen-bond acceptors (Lipinski definition) is 2. The first kappa shape index (κ1) is 14.8. The first-order valence-corrected chi connectivity index (χ1v) is 7.68. The maximum absolute atomic E-state index is 12.5. The summed E-state index contributed by atoms with van der Waals surface area (Å²) in [6.07, 6.45) is 2.24. The Hall–Kier alpha value is -0.580. The van der Waals surface area contributed by atoms with Crippen LogP contribution in [0, 0.1) is 5.92 Å². The van der Waals surface area contributed by atoms with Gasteiger partial charge in [0.1, 0.15) is 0 Å². The Balaban J connectivity index is 2.12. The predicted octanol–water partition coefficient (Wildman–Crippen LogP) is 3.17. The van der Waals surface area contributed by atoms with Crippen molar-refractivity contribution >= 4 is 33.4 Å². The normalized spacial score (nSPS) is 19.5. The van der Waals surface area contributed by atoms with E-state index in [0.717, 1.165) is 30.5 Å². The Morgan fingerprint density at radius 3 is 3.11 bits per heavy atom. The highest BCUT2D eigenvalue weighted by molar-refractivity contribution is 9.10. The van der Waals surface area contributed by atoms with Crippen LogP contribution in [0.5, 0.6) is 0 Å². The van der Waals surface area contributed by atoms with Crippen molar-refractivity contribution in [3.05, 3.63) is 33.3 Å². The van der Waals surface area contributed by atoms with Crippen molar-refractivity contribution in [1.29, 1.82) is 0 Å². The lowest BCUT2D eigenvalue weighted by Gasteiger charge is -2.33. The molecule has 1 aromatic carbocycles. The van der Waals surface area contributed by atoms with Gasteiger partial charge in [0.2, 0.25) is 0 Å². The Labute approximate surface area is 127 Å². The van der Waals surface area contributed by atoms with Crippen molar-refractivity contribution in [3.8, 4) is 0 Å². The SMILES string of the molecule is CNCC1CCCN(C(=O)c2cccc(Br)c2Cl)C1. The minimum Gasteiger partial charge on any atom is -0.338 e. The summed E-state index contributed by atoms with van der Waals surface area (Å²) in [6.45, 7) is 2.58. The van der Waals surface area contributed by atoms with E-state index in [2.05, 4.69) is 21.2 Å². The molecule has 1 unspecified atom stereocenters. The molecule has 0 aromatic heterocycles. The number of benzene rings is 1. The average molecular weight is 346 g/mol. The first-order valence-electron chi connectivity index (χ1n) is 6.51. The summed E-state index contributed by atoms with van der Waals surface area (Å²) in [7, 11) is 1.95. The van der Waals surface area contributed by atoms with Crippen LogP contribution in [-0.2, 0) is 0 Å². The fourth-order valence-electron chi connectivity index (χ4n) is 2.54. The molecule has 104 valence electrons. The summed E-state index contributed by atoms with van der Waals surface area (Å²) in [4.78, 5) is 14.4. The van der Waals surface area contributed by atoms with Crippen LogP contribution in [0.25, 0.3) is 0 Å². The second-order valence-electron chi connectivity index (χ2n) is 4.92. The molecule has 5 heteroatoms. The van der Waals surface area contributed by atoms with E-state index in [-0.39, 0.29) is 5.91 Å². The quantitative estimate of drug-likeness (QED) is 0.912. The third kappa shape index (κ3) is 3.50. The molecule has 1 aliphatic heterocycles. The highest BCUT2D eigenvalue weighted by Gasteiger charge is 2.25. The summed E-state index contributed by atoms with van der Waals surface area (Å²) >= 11 is 9.56. The molecule has 0 saturated carbocycles. The lowest BCUT2D eigenvalue weighted by atomic mass is 9.97. The van der Waals surface area contributed by atoms with Gasteiger partial charge in [0.25, 0.3) is 5.91 Å². The number of amides is 1. The van der Waals surface area contributed by atoms with Crippen LogP contribution in [0.15, 0.2) is 22.7 Å². The van der Waals surface area contributed by atoms with Gasteiger partial charge in [0.15, 0.2) is 0 Å². The van der Waals surface area contributed by atoms with Crippen LogP contribution in [-0.4, -0.2) is 37.5 Å². The molecule has 0 radical (unpaired) electrons. The predicted molar refractivity (Wildman–Crippen MR) is 81.7 cm³/mol. The zero-order chi connectivity index (χ0) is 13.8. The van der Waals surface area contributed by atoms with E-state index in [4.69, 9.17) is 11.6 Å². The van der Waals surface area contributed by atoms with Crippen molar-refractivity contribution < 1.29 is 4.79 Å². The molecule has 1 aliphatic rings. The number of likely N-dealkylation sites (tertiary alicyclic amines) is 1. The van der Waals surface area contributed by atoms with E-state index in [1.807, 2.05) is 24.1 Å². The summed E-state index contributed by atoms with van der Waals surface area (Å²) in [6, 6.07) is 5.48. The Bertz CT molecular complexity index is 465. The standard InChI is InChI=1S/C14H18BrClN2O/c1-17-8-10-4-3-7-18(9-10)14(19)11-5-2-6-12(15)13(11)16/h2,5-6,10,17H,3-4,7-9H2,1H3. The van der Waals surface area contributed by atoms with Crippen molar-refractivity contribution in [2.75, 3.05) is 26.7 Å². The van der Waals surface area contributed by atoms with Gasteiger partial charge in [-0.2, -0.15) is 0 Å². The van der Waals surface area contributed by atoms with Gasteiger partial charge >= 0.3 is 0 Å². The molecule has 3 nitrogen and oxygen atoms in total. The largest absolute Gasteiger partial charge is 0.338 e. The highest BCUT2D eigenvalue weighted by Crippen LogP contribution is 2.28. The minimum atomic E-state index is 0.0344. The zero-order valence-electron chi connectivity index (χ0n) is 11.0. The minimum absolute atomic E-state index is 0.0344. The van der Waals surface area contributed by atoms with E-state index in [0.29, 0.717) is 16.5 Å². The third-order valence-corrected chi connectivity index (χ3v) is 4.78. The molecule has 1 aromatic rings. The zero-order valence-corrected chi connectivity index (χ0v) is 13.3. The Morgan fingerprint density at radius 2 is 2.37 bits per heavy atom. The maximum atomic E-state index is 12.5. The number of nitrogens with zero attached hydrogens (tertiary/aromatic N) is 1. The van der Waals surface area contributed by atoms with Crippen LogP contribution in [0.2, 0.25) is 5.02 Å². The van der Waals surface area contributed by atoms with Gasteiger partial charge in [-0.15, -0.1) is 0 Å². The molecule has 1 atom stereocenters. The number of halogens is 2. The topological polar surface area (TPSA) is 32.3 Å². The Morgan fingerprint density at radius 1 is 1.58 bits per heavy atom. The summed E-state index contributed by atoms with van der Waals surface area (Å²) in [5.74, 6) is 0.570. The number of hydrogen-bond donors (Lipinski definition) is 1. The van der Waals surface area contributed by atoms with Crippen molar-refractivity contribution in [3.63, 3.8) is 0 Å². The van der Waals surface area contributed by atoms with Gasteiger partial charge in [-0.1, -0.05) is 17.7 Å². The molecule has 0 bridgehead atoms. The molecule has 0 aliphatic carbocycles. The van der Waals surface area contributed by atoms with Crippen LogP contribution in [0.3, 0.4) is 0 Å². The van der Waals surface area contributed by atoms with Crippen molar-refractivity contribution in [1.82, 2.24) is 10.2 Å². The molecule has 2 rings (SSSR count). The van der Waals surface area contributed by atoms with Gasteiger partial charge in [-0.3, -0.25) is 4.79 Å². The fourth-order valence-corrected chi connectivity index (χ4v) is 3.12. The summed E-state index contributed by atoms with van der Waals surface area (Å²) < 4.78 is 0.767. The van der Waals surface area contributed by atoms with E-state index < -0.39 is 0 Å². The lowest BCUT2D eigenvalue weighted by Crippen LogP contribution is -2.42. The van der Waals surface area contributed by atoms with E-state index >= 15 is 0 Å². The number of rotatable bonds is 3. The Kier molecular flexibility index (Phi) is 5.25. The maximum Gasteiger partial charge on any atom is 0.255 e. The number of piperidine rings is 1.